The summed E-state index contributed by atoms with van der Waals surface area (Å²) in [4.78, 5) is 16.5. The van der Waals surface area contributed by atoms with E-state index < -0.39 is 11.6 Å². The lowest BCUT2D eigenvalue weighted by atomic mass is 9.99. The summed E-state index contributed by atoms with van der Waals surface area (Å²) in [6.07, 6.45) is 8.23. The Morgan fingerprint density at radius 3 is 2.55 bits per heavy atom. The van der Waals surface area contributed by atoms with E-state index in [1.54, 1.807) is 18.5 Å². The van der Waals surface area contributed by atoms with Crippen LogP contribution in [-0.2, 0) is 40.8 Å². The van der Waals surface area contributed by atoms with Crippen LogP contribution in [0.2, 0.25) is 0 Å². The zero-order chi connectivity index (χ0) is 20.4. The SMILES string of the molecule is CCOC(=O)C(O)(CNC(=S)Nc1c2c(cc3c1CCC3)CCC2)c1nccs1. The quantitative estimate of drug-likeness (QED) is 0.479. The number of benzene rings is 1. The number of nitrogens with one attached hydrogen (secondary N) is 2. The van der Waals surface area contributed by atoms with Gasteiger partial charge in [0.05, 0.1) is 13.2 Å². The fourth-order valence-corrected chi connectivity index (χ4v) is 5.14. The summed E-state index contributed by atoms with van der Waals surface area (Å²) in [6.45, 7) is 1.77. The molecule has 6 nitrogen and oxygen atoms in total. The second kappa shape index (κ2) is 8.38. The molecule has 1 aromatic heterocycles. The van der Waals surface area contributed by atoms with Gasteiger partial charge in [-0.15, -0.1) is 11.3 Å². The fraction of sp³-hybridized carbons (Fsp3) is 0.476. The summed E-state index contributed by atoms with van der Waals surface area (Å²) >= 11 is 6.73. The number of esters is 1. The van der Waals surface area contributed by atoms with Gasteiger partial charge in [0.2, 0.25) is 5.60 Å². The molecule has 154 valence electrons. The van der Waals surface area contributed by atoms with E-state index in [-0.39, 0.29) is 18.2 Å². The van der Waals surface area contributed by atoms with Crippen molar-refractivity contribution in [1.29, 1.82) is 0 Å². The Hall–Kier alpha value is -2.03. The van der Waals surface area contributed by atoms with Gasteiger partial charge in [-0.25, -0.2) is 9.78 Å². The van der Waals surface area contributed by atoms with Crippen molar-refractivity contribution in [2.45, 2.75) is 51.0 Å². The van der Waals surface area contributed by atoms with E-state index >= 15 is 0 Å². The first kappa shape index (κ1) is 20.3. The van der Waals surface area contributed by atoms with Gasteiger partial charge in [0.25, 0.3) is 0 Å². The molecule has 29 heavy (non-hydrogen) atoms. The molecule has 2 aromatic rings. The number of fused-ring (bicyclic) bond motifs is 2. The molecule has 0 fully saturated rings. The number of hydrogen-bond acceptors (Lipinski definition) is 6. The first-order valence-corrected chi connectivity index (χ1v) is 11.3. The minimum absolute atomic E-state index is 0.109. The number of anilines is 1. The lowest BCUT2D eigenvalue weighted by Gasteiger charge is -2.25. The molecule has 1 unspecified atom stereocenters. The lowest BCUT2D eigenvalue weighted by Crippen LogP contribution is -2.48. The van der Waals surface area contributed by atoms with Crippen LogP contribution in [0.3, 0.4) is 0 Å². The fourth-order valence-electron chi connectivity index (χ4n) is 4.25. The van der Waals surface area contributed by atoms with Gasteiger partial charge in [0, 0.05) is 17.3 Å². The molecule has 2 aliphatic rings. The normalized spacial score (nSPS) is 16.6. The van der Waals surface area contributed by atoms with Gasteiger partial charge >= 0.3 is 5.97 Å². The largest absolute Gasteiger partial charge is 0.463 e. The zero-order valence-electron chi connectivity index (χ0n) is 16.4. The Morgan fingerprint density at radius 2 is 1.97 bits per heavy atom. The molecule has 4 rings (SSSR count). The molecule has 8 heteroatoms. The van der Waals surface area contributed by atoms with Crippen LogP contribution in [0.5, 0.6) is 0 Å². The zero-order valence-corrected chi connectivity index (χ0v) is 18.0. The molecular formula is C21H25N3O3S2. The lowest BCUT2D eigenvalue weighted by molar-refractivity contribution is -0.165. The van der Waals surface area contributed by atoms with Crippen LogP contribution in [0, 0.1) is 0 Å². The molecule has 0 amide bonds. The number of thiazole rings is 1. The number of nitrogens with zero attached hydrogens (tertiary/aromatic N) is 1. The van der Waals surface area contributed by atoms with Gasteiger partial charge < -0.3 is 20.5 Å². The Morgan fingerprint density at radius 1 is 1.28 bits per heavy atom. The van der Waals surface area contributed by atoms with E-state index in [1.807, 2.05) is 0 Å². The van der Waals surface area contributed by atoms with Crippen molar-refractivity contribution in [1.82, 2.24) is 10.3 Å². The van der Waals surface area contributed by atoms with Crippen LogP contribution in [-0.4, -0.2) is 34.3 Å². The molecule has 0 spiro atoms. The maximum atomic E-state index is 12.4. The first-order valence-electron chi connectivity index (χ1n) is 10.0. The number of ether oxygens (including phenoxy) is 1. The first-order chi connectivity index (χ1) is 14.0. The van der Waals surface area contributed by atoms with Gasteiger partial charge in [-0.1, -0.05) is 6.07 Å². The highest BCUT2D eigenvalue weighted by molar-refractivity contribution is 7.80. The number of hydrogen-bond donors (Lipinski definition) is 3. The van der Waals surface area contributed by atoms with E-state index in [0.29, 0.717) is 5.11 Å². The van der Waals surface area contributed by atoms with Crippen molar-refractivity contribution < 1.29 is 14.6 Å². The predicted octanol–water partition coefficient (Wildman–Crippen LogP) is 2.86. The van der Waals surface area contributed by atoms with E-state index in [0.717, 1.165) is 31.4 Å². The molecule has 1 heterocycles. The van der Waals surface area contributed by atoms with Crippen molar-refractivity contribution >= 4 is 40.3 Å². The Kier molecular flexibility index (Phi) is 5.85. The Bertz CT molecular complexity index is 897. The molecule has 2 aliphatic carbocycles. The number of rotatable bonds is 6. The van der Waals surface area contributed by atoms with E-state index in [4.69, 9.17) is 17.0 Å². The van der Waals surface area contributed by atoms with Crippen molar-refractivity contribution in [3.63, 3.8) is 0 Å². The molecule has 3 N–H and O–H groups in total. The number of carbonyl (C=O) groups excluding carboxylic acids is 1. The van der Waals surface area contributed by atoms with Crippen LogP contribution in [0.1, 0.15) is 47.0 Å². The molecule has 1 aromatic carbocycles. The van der Waals surface area contributed by atoms with E-state index in [1.165, 1.54) is 46.4 Å². The highest BCUT2D eigenvalue weighted by Gasteiger charge is 2.42. The van der Waals surface area contributed by atoms with Gasteiger partial charge in [-0.3, -0.25) is 0 Å². The summed E-state index contributed by atoms with van der Waals surface area (Å²) in [5.41, 5.74) is 4.80. The van der Waals surface area contributed by atoms with Gasteiger partial charge in [0.1, 0.15) is 5.01 Å². The van der Waals surface area contributed by atoms with Crippen LogP contribution < -0.4 is 10.6 Å². The number of aryl methyl sites for hydroxylation is 2. The molecule has 0 saturated heterocycles. The highest BCUT2D eigenvalue weighted by Crippen LogP contribution is 2.38. The second-order valence-electron chi connectivity index (χ2n) is 7.46. The standard InChI is InChI=1S/C21H25N3O3S2/c1-2-27-19(25)21(26,18-22-9-10-29-18)12-23-20(28)24-17-15-7-3-5-13(15)11-14-6-4-8-16(14)17/h9-11,26H,2-8,12H2,1H3,(H2,23,24,28). The average molecular weight is 432 g/mol. The maximum absolute atomic E-state index is 12.4. The van der Waals surface area contributed by atoms with Crippen molar-refractivity contribution in [3.05, 3.63) is 44.9 Å². The number of carbonyl (C=O) groups is 1. The third-order valence-electron chi connectivity index (χ3n) is 5.62. The van der Waals surface area contributed by atoms with Gasteiger partial charge in [-0.2, -0.15) is 0 Å². The number of thiocarbonyl (C=S) groups is 1. The third kappa shape index (κ3) is 3.89. The molecule has 0 radical (unpaired) electrons. The van der Waals surface area contributed by atoms with Crippen LogP contribution in [0.15, 0.2) is 17.6 Å². The minimum atomic E-state index is -1.88. The van der Waals surface area contributed by atoms with Crippen LogP contribution in [0.4, 0.5) is 5.69 Å². The highest BCUT2D eigenvalue weighted by atomic mass is 32.1. The van der Waals surface area contributed by atoms with Gasteiger partial charge in [-0.05, 0) is 79.9 Å². The van der Waals surface area contributed by atoms with Gasteiger partial charge in [0.15, 0.2) is 5.11 Å². The summed E-state index contributed by atoms with van der Waals surface area (Å²) < 4.78 is 5.08. The van der Waals surface area contributed by atoms with E-state index in [2.05, 4.69) is 21.7 Å². The predicted molar refractivity (Wildman–Crippen MR) is 117 cm³/mol. The van der Waals surface area contributed by atoms with Crippen molar-refractivity contribution in [2.75, 3.05) is 18.5 Å². The monoisotopic (exact) mass is 431 g/mol. The van der Waals surface area contributed by atoms with Crippen LogP contribution >= 0.6 is 23.6 Å². The molecule has 0 aliphatic heterocycles. The molecule has 0 bridgehead atoms. The van der Waals surface area contributed by atoms with Crippen molar-refractivity contribution in [2.24, 2.45) is 0 Å². The topological polar surface area (TPSA) is 83.5 Å². The minimum Gasteiger partial charge on any atom is -0.463 e. The second-order valence-corrected chi connectivity index (χ2v) is 8.76. The summed E-state index contributed by atoms with van der Waals surface area (Å²) in [5, 5.41) is 19.8. The molecule has 1 atom stereocenters. The Balaban J connectivity index is 1.51. The third-order valence-corrected chi connectivity index (χ3v) is 6.79. The molecular weight excluding hydrogens is 406 g/mol. The molecule has 0 saturated carbocycles. The van der Waals surface area contributed by atoms with Crippen LogP contribution in [0.25, 0.3) is 0 Å². The summed E-state index contributed by atoms with van der Waals surface area (Å²) in [5.74, 6) is -0.730. The average Bonchev–Trinajstić information content (AvgIpc) is 3.46. The number of aromatic nitrogens is 1. The summed E-state index contributed by atoms with van der Waals surface area (Å²) in [6, 6.07) is 2.37. The van der Waals surface area contributed by atoms with Crippen molar-refractivity contribution in [3.8, 4) is 0 Å². The van der Waals surface area contributed by atoms with E-state index in [9.17, 15) is 9.90 Å². The summed E-state index contributed by atoms with van der Waals surface area (Å²) in [7, 11) is 0. The maximum Gasteiger partial charge on any atom is 0.347 e. The smallest absolute Gasteiger partial charge is 0.347 e. The Labute approximate surface area is 179 Å². The number of aliphatic hydroxyl groups is 1.